The first kappa shape index (κ1) is 14.7. The van der Waals surface area contributed by atoms with Crippen LogP contribution in [0.3, 0.4) is 0 Å². The molecule has 0 radical (unpaired) electrons. The van der Waals surface area contributed by atoms with E-state index in [4.69, 9.17) is 0 Å². The first-order chi connectivity index (χ1) is 10.9. The molecule has 2 saturated heterocycles. The second kappa shape index (κ2) is 6.72. The summed E-state index contributed by atoms with van der Waals surface area (Å²) < 4.78 is 0. The van der Waals surface area contributed by atoms with Crippen LogP contribution in [0, 0.1) is 5.92 Å². The number of hydrogen-bond acceptors (Lipinski definition) is 2. The van der Waals surface area contributed by atoms with Gasteiger partial charge >= 0.3 is 0 Å². The minimum absolute atomic E-state index is 0.841. The van der Waals surface area contributed by atoms with Gasteiger partial charge in [0.05, 0.1) is 0 Å². The number of rotatable bonds is 5. The number of benzene rings is 1. The van der Waals surface area contributed by atoms with Crippen LogP contribution >= 0.6 is 0 Å². The van der Waals surface area contributed by atoms with Gasteiger partial charge in [-0.25, -0.2) is 0 Å². The lowest BCUT2D eigenvalue weighted by Crippen LogP contribution is -2.33. The molecule has 0 bridgehead atoms. The molecule has 0 N–H and O–H groups in total. The third-order valence-electron chi connectivity index (χ3n) is 6.01. The molecule has 1 aromatic carbocycles. The van der Waals surface area contributed by atoms with Crippen molar-refractivity contribution in [3.8, 4) is 0 Å². The minimum Gasteiger partial charge on any atom is -0.303 e. The maximum atomic E-state index is 2.68. The summed E-state index contributed by atoms with van der Waals surface area (Å²) in [6.45, 7) is 7.82. The largest absolute Gasteiger partial charge is 0.303 e. The standard InChI is InChI=1S/C20H30N2/c1-2-10-21(9-1)15-17-5-7-19(8-6-17)20-13-18(14-20)16-22-11-3-4-12-22/h5-8,18,20H,1-4,9-16H2. The Morgan fingerprint density at radius 2 is 1.36 bits per heavy atom. The lowest BCUT2D eigenvalue weighted by Gasteiger charge is -2.38. The van der Waals surface area contributed by atoms with Crippen LogP contribution in [-0.4, -0.2) is 42.5 Å². The van der Waals surface area contributed by atoms with Crippen LogP contribution in [0.2, 0.25) is 0 Å². The third-order valence-corrected chi connectivity index (χ3v) is 6.01. The molecule has 2 heterocycles. The van der Waals surface area contributed by atoms with Crippen LogP contribution in [0.5, 0.6) is 0 Å². The van der Waals surface area contributed by atoms with Gasteiger partial charge in [-0.1, -0.05) is 24.3 Å². The molecular formula is C20H30N2. The van der Waals surface area contributed by atoms with Crippen molar-refractivity contribution in [2.45, 2.75) is 51.0 Å². The minimum atomic E-state index is 0.841. The van der Waals surface area contributed by atoms with E-state index in [0.717, 1.165) is 18.4 Å². The summed E-state index contributed by atoms with van der Waals surface area (Å²) in [6, 6.07) is 9.56. The van der Waals surface area contributed by atoms with Gasteiger partial charge in [-0.3, -0.25) is 4.90 Å². The van der Waals surface area contributed by atoms with Crippen LogP contribution in [0.1, 0.15) is 55.6 Å². The molecule has 2 heteroatoms. The Bertz CT molecular complexity index is 463. The molecular weight excluding hydrogens is 268 g/mol. The number of hydrogen-bond donors (Lipinski definition) is 0. The Labute approximate surface area is 135 Å². The molecule has 0 amide bonds. The van der Waals surface area contributed by atoms with Crippen molar-refractivity contribution < 1.29 is 0 Å². The maximum Gasteiger partial charge on any atom is 0.0233 e. The van der Waals surface area contributed by atoms with Crippen LogP contribution in [0.4, 0.5) is 0 Å². The predicted molar refractivity (Wildman–Crippen MR) is 92.1 cm³/mol. The van der Waals surface area contributed by atoms with Crippen molar-refractivity contribution in [3.63, 3.8) is 0 Å². The molecule has 3 fully saturated rings. The molecule has 4 rings (SSSR count). The van der Waals surface area contributed by atoms with E-state index < -0.39 is 0 Å². The van der Waals surface area contributed by atoms with E-state index in [9.17, 15) is 0 Å². The fraction of sp³-hybridized carbons (Fsp3) is 0.700. The monoisotopic (exact) mass is 298 g/mol. The van der Waals surface area contributed by atoms with Gasteiger partial charge in [0, 0.05) is 13.1 Å². The van der Waals surface area contributed by atoms with Crippen molar-refractivity contribution in [2.24, 2.45) is 5.92 Å². The van der Waals surface area contributed by atoms with Crippen molar-refractivity contribution in [1.82, 2.24) is 9.80 Å². The summed E-state index contributed by atoms with van der Waals surface area (Å²) in [6.07, 6.45) is 8.46. The molecule has 120 valence electrons. The highest BCUT2D eigenvalue weighted by Crippen LogP contribution is 2.42. The smallest absolute Gasteiger partial charge is 0.0233 e. The highest BCUT2D eigenvalue weighted by Gasteiger charge is 2.31. The summed E-state index contributed by atoms with van der Waals surface area (Å²) in [5.41, 5.74) is 3.08. The Hall–Kier alpha value is -0.860. The molecule has 2 nitrogen and oxygen atoms in total. The van der Waals surface area contributed by atoms with Crippen molar-refractivity contribution in [2.75, 3.05) is 32.7 Å². The predicted octanol–water partition coefficient (Wildman–Crippen LogP) is 3.87. The van der Waals surface area contributed by atoms with E-state index in [0.29, 0.717) is 0 Å². The van der Waals surface area contributed by atoms with E-state index in [-0.39, 0.29) is 0 Å². The molecule has 0 atom stereocenters. The average molecular weight is 298 g/mol. The number of likely N-dealkylation sites (tertiary alicyclic amines) is 2. The molecule has 3 aliphatic rings. The highest BCUT2D eigenvalue weighted by atomic mass is 15.1. The first-order valence-electron chi connectivity index (χ1n) is 9.40. The summed E-state index contributed by atoms with van der Waals surface area (Å²) in [5, 5.41) is 0. The van der Waals surface area contributed by atoms with Gasteiger partial charge in [0.2, 0.25) is 0 Å². The van der Waals surface area contributed by atoms with E-state index >= 15 is 0 Å². The first-order valence-corrected chi connectivity index (χ1v) is 9.40. The van der Waals surface area contributed by atoms with Gasteiger partial charge in [0.25, 0.3) is 0 Å². The molecule has 0 unspecified atom stereocenters. The fourth-order valence-corrected chi connectivity index (χ4v) is 4.58. The summed E-state index contributed by atoms with van der Waals surface area (Å²) in [4.78, 5) is 5.27. The normalized spacial score (nSPS) is 29.8. The lowest BCUT2D eigenvalue weighted by molar-refractivity contribution is 0.180. The molecule has 1 saturated carbocycles. The van der Waals surface area contributed by atoms with Gasteiger partial charge in [-0.2, -0.15) is 0 Å². The van der Waals surface area contributed by atoms with Crippen LogP contribution < -0.4 is 0 Å². The van der Waals surface area contributed by atoms with Crippen LogP contribution in [0.25, 0.3) is 0 Å². The van der Waals surface area contributed by atoms with Crippen LogP contribution in [0.15, 0.2) is 24.3 Å². The van der Waals surface area contributed by atoms with Crippen molar-refractivity contribution in [1.29, 1.82) is 0 Å². The quantitative estimate of drug-likeness (QED) is 0.814. The van der Waals surface area contributed by atoms with Gasteiger partial charge < -0.3 is 4.90 Å². The van der Waals surface area contributed by atoms with Crippen molar-refractivity contribution >= 4 is 0 Å². The average Bonchev–Trinajstić information content (AvgIpc) is 3.17. The second-order valence-electron chi connectivity index (χ2n) is 7.77. The lowest BCUT2D eigenvalue weighted by atomic mass is 9.71. The van der Waals surface area contributed by atoms with Crippen molar-refractivity contribution in [3.05, 3.63) is 35.4 Å². The number of nitrogens with zero attached hydrogens (tertiary/aromatic N) is 2. The van der Waals surface area contributed by atoms with Gasteiger partial charge in [0.15, 0.2) is 0 Å². The van der Waals surface area contributed by atoms with Crippen LogP contribution in [-0.2, 0) is 6.54 Å². The fourth-order valence-electron chi connectivity index (χ4n) is 4.58. The zero-order valence-electron chi connectivity index (χ0n) is 13.8. The zero-order valence-corrected chi connectivity index (χ0v) is 13.8. The Morgan fingerprint density at radius 1 is 0.773 bits per heavy atom. The third kappa shape index (κ3) is 3.38. The summed E-state index contributed by atoms with van der Waals surface area (Å²) in [5.74, 6) is 1.81. The van der Waals surface area contributed by atoms with E-state index in [1.165, 1.54) is 76.8 Å². The molecule has 1 aromatic rings. The molecule has 0 aromatic heterocycles. The Balaban J connectivity index is 1.25. The molecule has 22 heavy (non-hydrogen) atoms. The topological polar surface area (TPSA) is 6.48 Å². The van der Waals surface area contributed by atoms with Gasteiger partial charge in [-0.15, -0.1) is 0 Å². The Kier molecular flexibility index (Phi) is 4.49. The zero-order chi connectivity index (χ0) is 14.8. The summed E-state index contributed by atoms with van der Waals surface area (Å²) >= 11 is 0. The summed E-state index contributed by atoms with van der Waals surface area (Å²) in [7, 11) is 0. The Morgan fingerprint density at radius 3 is 2.00 bits per heavy atom. The highest BCUT2D eigenvalue weighted by molar-refractivity contribution is 5.27. The SMILES string of the molecule is c1cc(C2CC(CN3CCCC3)C2)ccc1CN1CCCC1. The molecule has 0 spiro atoms. The van der Waals surface area contributed by atoms with E-state index in [1.54, 1.807) is 5.56 Å². The van der Waals surface area contributed by atoms with E-state index in [2.05, 4.69) is 34.1 Å². The van der Waals surface area contributed by atoms with Gasteiger partial charge in [-0.05, 0) is 87.7 Å². The maximum absolute atomic E-state index is 2.68. The molecule has 1 aliphatic carbocycles. The van der Waals surface area contributed by atoms with E-state index in [1.807, 2.05) is 0 Å². The van der Waals surface area contributed by atoms with Gasteiger partial charge in [0.1, 0.15) is 0 Å². The molecule has 2 aliphatic heterocycles. The second-order valence-corrected chi connectivity index (χ2v) is 7.77.